The highest BCUT2D eigenvalue weighted by Gasteiger charge is 2.26. The van der Waals surface area contributed by atoms with Crippen molar-refractivity contribution in [3.63, 3.8) is 0 Å². The third kappa shape index (κ3) is 3.64. The predicted molar refractivity (Wildman–Crippen MR) is 122 cm³/mol. The minimum Gasteiger partial charge on any atom is -0.497 e. The van der Waals surface area contributed by atoms with Gasteiger partial charge in [-0.3, -0.25) is 9.59 Å². The highest BCUT2D eigenvalue weighted by Crippen LogP contribution is 2.30. The Bertz CT molecular complexity index is 1300. The van der Waals surface area contributed by atoms with E-state index in [9.17, 15) is 9.59 Å². The molecule has 0 fully saturated rings. The summed E-state index contributed by atoms with van der Waals surface area (Å²) in [7, 11) is 1.57. The first-order valence-corrected chi connectivity index (χ1v) is 9.86. The van der Waals surface area contributed by atoms with Crippen molar-refractivity contribution >= 4 is 28.6 Å². The first kappa shape index (κ1) is 20.2. The average molecular weight is 413 g/mol. The number of carbonyl (C=O) groups excluding carboxylic acids is 2. The maximum atomic E-state index is 13.3. The van der Waals surface area contributed by atoms with Crippen molar-refractivity contribution in [3.05, 3.63) is 94.8 Å². The van der Waals surface area contributed by atoms with E-state index in [1.165, 1.54) is 0 Å². The first-order valence-electron chi connectivity index (χ1n) is 9.86. The SMILES string of the molecule is COc1ccc(C(=O)c2c(N)c(C(=O)Nc3ccc(C)c(C)c3)c3ccccn23)cc1. The average Bonchev–Trinajstić information content (AvgIpc) is 3.07. The number of methoxy groups -OCH3 is 1. The minimum atomic E-state index is -0.363. The van der Waals surface area contributed by atoms with E-state index in [2.05, 4.69) is 5.32 Å². The van der Waals surface area contributed by atoms with Gasteiger partial charge in [0.25, 0.3) is 5.91 Å². The number of hydrogen-bond donors (Lipinski definition) is 2. The van der Waals surface area contributed by atoms with Gasteiger partial charge in [-0.2, -0.15) is 0 Å². The summed E-state index contributed by atoms with van der Waals surface area (Å²) in [5.74, 6) is 0.0165. The van der Waals surface area contributed by atoms with Gasteiger partial charge in [-0.1, -0.05) is 12.1 Å². The van der Waals surface area contributed by atoms with E-state index in [-0.39, 0.29) is 28.6 Å². The fourth-order valence-electron chi connectivity index (χ4n) is 3.59. The van der Waals surface area contributed by atoms with Crippen molar-refractivity contribution in [1.82, 2.24) is 4.40 Å². The monoisotopic (exact) mass is 413 g/mol. The van der Waals surface area contributed by atoms with E-state index >= 15 is 0 Å². The molecule has 2 aromatic heterocycles. The molecular formula is C25H23N3O3. The molecule has 0 atom stereocenters. The Morgan fingerprint density at radius 2 is 1.71 bits per heavy atom. The molecule has 156 valence electrons. The molecule has 0 aliphatic rings. The summed E-state index contributed by atoms with van der Waals surface area (Å²) in [5, 5.41) is 2.91. The van der Waals surface area contributed by atoms with Gasteiger partial charge in [0.2, 0.25) is 5.78 Å². The Labute approximate surface area is 180 Å². The van der Waals surface area contributed by atoms with Gasteiger partial charge < -0.3 is 20.2 Å². The number of aromatic nitrogens is 1. The molecule has 0 spiro atoms. The lowest BCUT2D eigenvalue weighted by atomic mass is 10.1. The smallest absolute Gasteiger partial charge is 0.259 e. The lowest BCUT2D eigenvalue weighted by Crippen LogP contribution is -2.14. The van der Waals surface area contributed by atoms with Crippen LogP contribution in [0.15, 0.2) is 66.9 Å². The highest BCUT2D eigenvalue weighted by atomic mass is 16.5. The lowest BCUT2D eigenvalue weighted by molar-refractivity contribution is 0.102. The molecule has 0 bridgehead atoms. The second kappa shape index (κ2) is 7.99. The molecule has 31 heavy (non-hydrogen) atoms. The highest BCUT2D eigenvalue weighted by molar-refractivity contribution is 6.20. The number of ether oxygens (including phenoxy) is 1. The van der Waals surface area contributed by atoms with Crippen molar-refractivity contribution < 1.29 is 14.3 Å². The van der Waals surface area contributed by atoms with Gasteiger partial charge >= 0.3 is 0 Å². The van der Waals surface area contributed by atoms with Crippen molar-refractivity contribution in [1.29, 1.82) is 0 Å². The van der Waals surface area contributed by atoms with Gasteiger partial charge in [0.15, 0.2) is 0 Å². The summed E-state index contributed by atoms with van der Waals surface area (Å²) in [6.07, 6.45) is 1.73. The number of nitrogens with one attached hydrogen (secondary N) is 1. The Kier molecular flexibility index (Phi) is 5.21. The summed E-state index contributed by atoms with van der Waals surface area (Å²) in [5.41, 5.74) is 11.0. The number of anilines is 2. The second-order valence-electron chi connectivity index (χ2n) is 7.40. The molecule has 0 radical (unpaired) electrons. The van der Waals surface area contributed by atoms with Gasteiger partial charge in [0, 0.05) is 17.4 Å². The number of carbonyl (C=O) groups is 2. The summed E-state index contributed by atoms with van der Waals surface area (Å²) >= 11 is 0. The van der Waals surface area contributed by atoms with Crippen LogP contribution in [0.4, 0.5) is 11.4 Å². The molecule has 0 aliphatic carbocycles. The molecular weight excluding hydrogens is 390 g/mol. The molecule has 3 N–H and O–H groups in total. The van der Waals surface area contributed by atoms with Crippen molar-refractivity contribution in [2.75, 3.05) is 18.2 Å². The molecule has 0 saturated carbocycles. The molecule has 4 rings (SSSR count). The van der Waals surface area contributed by atoms with Crippen molar-refractivity contribution in [2.24, 2.45) is 0 Å². The summed E-state index contributed by atoms with van der Waals surface area (Å²) in [6, 6.07) is 17.9. The Hall–Kier alpha value is -4.06. The van der Waals surface area contributed by atoms with Crippen LogP contribution in [0.5, 0.6) is 5.75 Å². The van der Waals surface area contributed by atoms with E-state index in [1.54, 1.807) is 54.1 Å². The first-order chi connectivity index (χ1) is 14.9. The molecule has 0 unspecified atom stereocenters. The van der Waals surface area contributed by atoms with E-state index in [4.69, 9.17) is 10.5 Å². The zero-order valence-corrected chi connectivity index (χ0v) is 17.6. The molecule has 1 amide bonds. The maximum Gasteiger partial charge on any atom is 0.259 e. The van der Waals surface area contributed by atoms with E-state index in [1.807, 2.05) is 38.1 Å². The number of pyridine rings is 1. The third-order valence-corrected chi connectivity index (χ3v) is 5.44. The minimum absolute atomic E-state index is 0.147. The van der Waals surface area contributed by atoms with Crippen LogP contribution in [-0.2, 0) is 0 Å². The lowest BCUT2D eigenvalue weighted by Gasteiger charge is -2.08. The quantitative estimate of drug-likeness (QED) is 0.467. The molecule has 0 aliphatic heterocycles. The largest absolute Gasteiger partial charge is 0.497 e. The predicted octanol–water partition coefficient (Wildman–Crippen LogP) is 4.63. The van der Waals surface area contributed by atoms with Crippen LogP contribution in [0.2, 0.25) is 0 Å². The number of fused-ring (bicyclic) bond motifs is 1. The van der Waals surface area contributed by atoms with E-state index < -0.39 is 0 Å². The zero-order valence-electron chi connectivity index (χ0n) is 17.6. The summed E-state index contributed by atoms with van der Waals surface area (Å²) in [4.78, 5) is 26.5. The van der Waals surface area contributed by atoms with Crippen LogP contribution in [0.3, 0.4) is 0 Å². The van der Waals surface area contributed by atoms with Crippen LogP contribution in [0.25, 0.3) is 5.52 Å². The topological polar surface area (TPSA) is 85.8 Å². The van der Waals surface area contributed by atoms with Crippen molar-refractivity contribution in [3.8, 4) is 5.75 Å². The molecule has 0 saturated heterocycles. The van der Waals surface area contributed by atoms with Gasteiger partial charge in [-0.25, -0.2) is 0 Å². The normalized spacial score (nSPS) is 10.8. The Balaban J connectivity index is 1.78. The van der Waals surface area contributed by atoms with Gasteiger partial charge in [0.1, 0.15) is 11.4 Å². The number of aryl methyl sites for hydroxylation is 2. The summed E-state index contributed by atoms with van der Waals surface area (Å²) in [6.45, 7) is 4.00. The van der Waals surface area contributed by atoms with E-state index in [0.29, 0.717) is 22.5 Å². The van der Waals surface area contributed by atoms with Gasteiger partial charge in [-0.05, 0) is 73.5 Å². The van der Waals surface area contributed by atoms with E-state index in [0.717, 1.165) is 11.1 Å². The fourth-order valence-corrected chi connectivity index (χ4v) is 3.59. The van der Waals surface area contributed by atoms with Crippen LogP contribution in [-0.4, -0.2) is 23.2 Å². The number of hydrogen-bond acceptors (Lipinski definition) is 4. The molecule has 2 aromatic carbocycles. The van der Waals surface area contributed by atoms with Crippen LogP contribution < -0.4 is 15.8 Å². The van der Waals surface area contributed by atoms with Crippen molar-refractivity contribution in [2.45, 2.75) is 13.8 Å². The number of nitrogens with two attached hydrogens (primary N) is 1. The van der Waals surface area contributed by atoms with Crippen LogP contribution in [0, 0.1) is 13.8 Å². The Morgan fingerprint density at radius 3 is 2.39 bits per heavy atom. The number of rotatable bonds is 5. The number of benzene rings is 2. The number of nitrogen functional groups attached to an aromatic ring is 1. The maximum absolute atomic E-state index is 13.3. The number of nitrogens with zero attached hydrogens (tertiary/aromatic N) is 1. The number of ketones is 1. The second-order valence-corrected chi connectivity index (χ2v) is 7.40. The van der Waals surface area contributed by atoms with Crippen LogP contribution in [0.1, 0.15) is 37.5 Å². The molecule has 6 nitrogen and oxygen atoms in total. The third-order valence-electron chi connectivity index (χ3n) is 5.44. The van der Waals surface area contributed by atoms with Gasteiger partial charge in [0.05, 0.1) is 23.9 Å². The molecule has 2 heterocycles. The van der Waals surface area contributed by atoms with Crippen LogP contribution >= 0.6 is 0 Å². The zero-order chi connectivity index (χ0) is 22.1. The molecule has 4 aromatic rings. The van der Waals surface area contributed by atoms with Gasteiger partial charge in [-0.15, -0.1) is 0 Å². The Morgan fingerprint density at radius 1 is 0.968 bits per heavy atom. The molecule has 6 heteroatoms. The standard InChI is InChI=1S/C25H23N3O3/c1-15-7-10-18(14-16(15)2)27-25(30)21-20-6-4-5-13-28(20)23(22(21)26)24(29)17-8-11-19(31-3)12-9-17/h4-14H,26H2,1-3H3,(H,27,30). The summed E-state index contributed by atoms with van der Waals surface area (Å²) < 4.78 is 6.83. The number of amides is 1. The fraction of sp³-hybridized carbons (Fsp3) is 0.120.